The summed E-state index contributed by atoms with van der Waals surface area (Å²) in [5.74, 6) is -0.906. The lowest BCUT2D eigenvalue weighted by molar-refractivity contribution is -0.137. The van der Waals surface area contributed by atoms with Gasteiger partial charge in [0.15, 0.2) is 0 Å². The highest BCUT2D eigenvalue weighted by atomic mass is 35.5. The van der Waals surface area contributed by atoms with Gasteiger partial charge in [-0.25, -0.2) is 4.79 Å². The Bertz CT molecular complexity index is 529. The molecule has 108 valence electrons. The first-order valence-electron chi connectivity index (χ1n) is 6.53. The second kappa shape index (κ2) is 6.13. The number of aryl methyl sites for hydroxylation is 1. The number of nitrogens with zero attached hydrogens (tertiary/aromatic N) is 1. The van der Waals surface area contributed by atoms with Crippen molar-refractivity contribution in [1.82, 2.24) is 4.90 Å². The molecule has 0 saturated heterocycles. The molecular weight excluding hydrogens is 280 g/mol. The second-order valence-corrected chi connectivity index (χ2v) is 5.39. The number of nitrogens with one attached hydrogen (secondary N) is 1. The van der Waals surface area contributed by atoms with E-state index in [1.165, 1.54) is 0 Å². The normalized spacial score (nSPS) is 13.9. The van der Waals surface area contributed by atoms with E-state index in [0.717, 1.165) is 18.4 Å². The molecule has 0 unspecified atom stereocenters. The van der Waals surface area contributed by atoms with E-state index in [4.69, 9.17) is 16.7 Å². The lowest BCUT2D eigenvalue weighted by Crippen LogP contribution is -2.38. The number of rotatable bonds is 5. The predicted octanol–water partition coefficient (Wildman–Crippen LogP) is 3.12. The fraction of sp³-hybridized carbons (Fsp3) is 0.429. The second-order valence-electron chi connectivity index (χ2n) is 4.98. The molecule has 1 fully saturated rings. The van der Waals surface area contributed by atoms with Crippen molar-refractivity contribution >= 4 is 29.3 Å². The summed E-state index contributed by atoms with van der Waals surface area (Å²) in [7, 11) is 0. The van der Waals surface area contributed by atoms with Crippen LogP contribution in [0, 0.1) is 6.92 Å². The van der Waals surface area contributed by atoms with E-state index < -0.39 is 5.97 Å². The van der Waals surface area contributed by atoms with Crippen molar-refractivity contribution in [3.8, 4) is 0 Å². The molecule has 0 aliphatic heterocycles. The van der Waals surface area contributed by atoms with Gasteiger partial charge in [0.05, 0.1) is 17.1 Å². The highest BCUT2D eigenvalue weighted by molar-refractivity contribution is 6.33. The summed E-state index contributed by atoms with van der Waals surface area (Å²) in [6.07, 6.45) is 1.80. The maximum absolute atomic E-state index is 12.2. The van der Waals surface area contributed by atoms with Crippen LogP contribution in [0.4, 0.5) is 10.5 Å². The number of halogens is 1. The first-order chi connectivity index (χ1) is 9.47. The molecule has 1 saturated carbocycles. The molecule has 0 aromatic heterocycles. The molecule has 0 heterocycles. The summed E-state index contributed by atoms with van der Waals surface area (Å²) in [6.45, 7) is 2.13. The van der Waals surface area contributed by atoms with E-state index in [2.05, 4.69) is 5.32 Å². The van der Waals surface area contributed by atoms with Crippen LogP contribution in [0.5, 0.6) is 0 Å². The minimum absolute atomic E-state index is 0.0501. The Morgan fingerprint density at radius 1 is 1.45 bits per heavy atom. The Balaban J connectivity index is 2.04. The molecule has 1 aromatic rings. The third-order valence-electron chi connectivity index (χ3n) is 3.18. The largest absolute Gasteiger partial charge is 0.481 e. The third-order valence-corrected chi connectivity index (χ3v) is 3.51. The summed E-state index contributed by atoms with van der Waals surface area (Å²) in [6, 6.07) is 5.24. The van der Waals surface area contributed by atoms with Crippen molar-refractivity contribution in [2.24, 2.45) is 0 Å². The molecule has 20 heavy (non-hydrogen) atoms. The van der Waals surface area contributed by atoms with Crippen molar-refractivity contribution in [2.45, 2.75) is 32.2 Å². The van der Waals surface area contributed by atoms with Crippen LogP contribution in [0.15, 0.2) is 18.2 Å². The van der Waals surface area contributed by atoms with Crippen LogP contribution in [0.2, 0.25) is 5.02 Å². The van der Waals surface area contributed by atoms with Crippen molar-refractivity contribution in [2.75, 3.05) is 11.9 Å². The Morgan fingerprint density at radius 3 is 2.75 bits per heavy atom. The molecule has 0 spiro atoms. The SMILES string of the molecule is Cc1ccc(Cl)c(NC(=O)N(CCC(=O)O)C2CC2)c1. The molecule has 2 rings (SSSR count). The smallest absolute Gasteiger partial charge is 0.322 e. The van der Waals surface area contributed by atoms with Gasteiger partial charge in [-0.15, -0.1) is 0 Å². The van der Waals surface area contributed by atoms with Crippen LogP contribution in [0.3, 0.4) is 0 Å². The number of carbonyl (C=O) groups is 2. The number of hydrogen-bond acceptors (Lipinski definition) is 2. The lowest BCUT2D eigenvalue weighted by atomic mass is 10.2. The number of amides is 2. The quantitative estimate of drug-likeness (QED) is 0.877. The summed E-state index contributed by atoms with van der Waals surface area (Å²) in [5.41, 5.74) is 1.55. The van der Waals surface area contributed by atoms with Gasteiger partial charge in [0, 0.05) is 12.6 Å². The molecule has 1 aliphatic carbocycles. The van der Waals surface area contributed by atoms with E-state index >= 15 is 0 Å². The number of hydrogen-bond donors (Lipinski definition) is 2. The lowest BCUT2D eigenvalue weighted by Gasteiger charge is -2.22. The highest BCUT2D eigenvalue weighted by Crippen LogP contribution is 2.29. The van der Waals surface area contributed by atoms with Crippen molar-refractivity contribution in [1.29, 1.82) is 0 Å². The van der Waals surface area contributed by atoms with Gasteiger partial charge in [-0.2, -0.15) is 0 Å². The summed E-state index contributed by atoms with van der Waals surface area (Å²) < 4.78 is 0. The fourth-order valence-corrected chi connectivity index (χ4v) is 2.14. The zero-order chi connectivity index (χ0) is 14.7. The van der Waals surface area contributed by atoms with E-state index in [9.17, 15) is 9.59 Å². The van der Waals surface area contributed by atoms with Gasteiger partial charge in [0.2, 0.25) is 0 Å². The van der Waals surface area contributed by atoms with Crippen LogP contribution in [-0.2, 0) is 4.79 Å². The number of benzene rings is 1. The Kier molecular flexibility index (Phi) is 4.49. The van der Waals surface area contributed by atoms with Crippen LogP contribution >= 0.6 is 11.6 Å². The predicted molar refractivity (Wildman–Crippen MR) is 77.2 cm³/mol. The molecule has 0 atom stereocenters. The zero-order valence-corrected chi connectivity index (χ0v) is 12.0. The van der Waals surface area contributed by atoms with Gasteiger partial charge in [0.25, 0.3) is 0 Å². The van der Waals surface area contributed by atoms with E-state index in [0.29, 0.717) is 10.7 Å². The molecule has 6 heteroatoms. The van der Waals surface area contributed by atoms with Crippen LogP contribution in [0.1, 0.15) is 24.8 Å². The molecule has 0 bridgehead atoms. The topological polar surface area (TPSA) is 69.6 Å². The number of carboxylic acid groups (broad SMARTS) is 1. The Morgan fingerprint density at radius 2 is 2.15 bits per heavy atom. The maximum Gasteiger partial charge on any atom is 0.322 e. The Labute approximate surface area is 122 Å². The third kappa shape index (κ3) is 3.87. The van der Waals surface area contributed by atoms with Gasteiger partial charge < -0.3 is 15.3 Å². The number of urea groups is 1. The number of anilines is 1. The summed E-state index contributed by atoms with van der Waals surface area (Å²) in [4.78, 5) is 24.5. The molecule has 2 N–H and O–H groups in total. The average Bonchev–Trinajstić information content (AvgIpc) is 3.18. The molecule has 1 aliphatic rings. The summed E-state index contributed by atoms with van der Waals surface area (Å²) >= 11 is 6.04. The minimum Gasteiger partial charge on any atom is -0.481 e. The van der Waals surface area contributed by atoms with E-state index in [1.807, 2.05) is 13.0 Å². The van der Waals surface area contributed by atoms with Gasteiger partial charge in [-0.1, -0.05) is 17.7 Å². The van der Waals surface area contributed by atoms with Gasteiger partial charge in [0.1, 0.15) is 0 Å². The molecule has 0 radical (unpaired) electrons. The molecule has 5 nitrogen and oxygen atoms in total. The van der Waals surface area contributed by atoms with Crippen molar-refractivity contribution < 1.29 is 14.7 Å². The maximum atomic E-state index is 12.2. The van der Waals surface area contributed by atoms with Crippen LogP contribution < -0.4 is 5.32 Å². The first-order valence-corrected chi connectivity index (χ1v) is 6.90. The zero-order valence-electron chi connectivity index (χ0n) is 11.2. The number of carboxylic acids is 1. The van der Waals surface area contributed by atoms with E-state index in [-0.39, 0.29) is 25.0 Å². The summed E-state index contributed by atoms with van der Waals surface area (Å²) in [5, 5.41) is 12.0. The molecular formula is C14H17ClN2O3. The molecule has 1 aromatic carbocycles. The van der Waals surface area contributed by atoms with Crippen molar-refractivity contribution in [3.05, 3.63) is 28.8 Å². The first kappa shape index (κ1) is 14.7. The average molecular weight is 297 g/mol. The molecule has 2 amide bonds. The van der Waals surface area contributed by atoms with Crippen LogP contribution in [0.25, 0.3) is 0 Å². The minimum atomic E-state index is -0.906. The fourth-order valence-electron chi connectivity index (χ4n) is 1.97. The monoisotopic (exact) mass is 296 g/mol. The van der Waals surface area contributed by atoms with Gasteiger partial charge in [-0.05, 0) is 37.5 Å². The highest BCUT2D eigenvalue weighted by Gasteiger charge is 2.32. The Hall–Kier alpha value is -1.75. The van der Waals surface area contributed by atoms with Crippen molar-refractivity contribution in [3.63, 3.8) is 0 Å². The standard InChI is InChI=1S/C14H17ClN2O3/c1-9-2-5-11(15)12(8-9)16-14(20)17(10-3-4-10)7-6-13(18)19/h2,5,8,10H,3-4,6-7H2,1H3,(H,16,20)(H,18,19). The number of aliphatic carboxylic acids is 1. The van der Waals surface area contributed by atoms with E-state index in [1.54, 1.807) is 17.0 Å². The van der Waals surface area contributed by atoms with Gasteiger partial charge >= 0.3 is 12.0 Å². The van der Waals surface area contributed by atoms with Gasteiger partial charge in [-0.3, -0.25) is 4.79 Å². The van der Waals surface area contributed by atoms with Crippen LogP contribution in [-0.4, -0.2) is 34.6 Å². The number of carbonyl (C=O) groups excluding carboxylic acids is 1.